The molecule has 0 aliphatic carbocycles. The van der Waals surface area contributed by atoms with Gasteiger partial charge in [0.05, 0.1) is 14.2 Å². The monoisotopic (exact) mass is 368 g/mol. The zero-order valence-corrected chi connectivity index (χ0v) is 15.6. The summed E-state index contributed by atoms with van der Waals surface area (Å²) in [4.78, 5) is 26.8. The molecule has 0 spiro atoms. The van der Waals surface area contributed by atoms with Gasteiger partial charge in [-0.05, 0) is 42.7 Å². The Morgan fingerprint density at radius 3 is 2.56 bits per heavy atom. The summed E-state index contributed by atoms with van der Waals surface area (Å²) in [5, 5.41) is 2.88. The van der Waals surface area contributed by atoms with Gasteiger partial charge in [-0.15, -0.1) is 0 Å². The Balaban J connectivity index is 1.53. The molecule has 1 heterocycles. The van der Waals surface area contributed by atoms with Gasteiger partial charge in [-0.25, -0.2) is 0 Å². The van der Waals surface area contributed by atoms with Crippen molar-refractivity contribution in [2.24, 2.45) is 5.92 Å². The number of hydrogen-bond acceptors (Lipinski definition) is 4. The van der Waals surface area contributed by atoms with Crippen molar-refractivity contribution >= 4 is 17.5 Å². The molecule has 0 bridgehead atoms. The van der Waals surface area contributed by atoms with Crippen LogP contribution >= 0.6 is 0 Å². The van der Waals surface area contributed by atoms with Crippen molar-refractivity contribution in [1.82, 2.24) is 5.32 Å². The van der Waals surface area contributed by atoms with Crippen molar-refractivity contribution in [2.45, 2.75) is 12.8 Å². The first-order valence-corrected chi connectivity index (χ1v) is 8.98. The first-order chi connectivity index (χ1) is 13.1. The van der Waals surface area contributed by atoms with Crippen LogP contribution in [0.3, 0.4) is 0 Å². The van der Waals surface area contributed by atoms with Crippen molar-refractivity contribution in [1.29, 1.82) is 0 Å². The number of nitrogens with zero attached hydrogens (tertiary/aromatic N) is 1. The number of carbonyl (C=O) groups excluding carboxylic acids is 2. The average Bonchev–Trinajstić information content (AvgIpc) is 3.10. The van der Waals surface area contributed by atoms with E-state index >= 15 is 0 Å². The fourth-order valence-corrected chi connectivity index (χ4v) is 3.20. The Morgan fingerprint density at radius 1 is 1.11 bits per heavy atom. The number of rotatable bonds is 7. The fraction of sp³-hybridized carbons (Fsp3) is 0.333. The molecule has 3 rings (SSSR count). The lowest BCUT2D eigenvalue weighted by Crippen LogP contribution is -2.37. The average molecular weight is 368 g/mol. The van der Waals surface area contributed by atoms with Gasteiger partial charge in [0.25, 0.3) is 0 Å². The molecule has 1 atom stereocenters. The van der Waals surface area contributed by atoms with Crippen LogP contribution in [0.4, 0.5) is 5.69 Å². The van der Waals surface area contributed by atoms with E-state index in [1.165, 1.54) is 0 Å². The summed E-state index contributed by atoms with van der Waals surface area (Å²) in [7, 11) is 3.21. The van der Waals surface area contributed by atoms with Crippen molar-refractivity contribution in [3.63, 3.8) is 0 Å². The van der Waals surface area contributed by atoms with E-state index < -0.39 is 5.92 Å². The minimum Gasteiger partial charge on any atom is -0.497 e. The van der Waals surface area contributed by atoms with Crippen LogP contribution in [0, 0.1) is 5.92 Å². The molecular formula is C21H24N2O4. The summed E-state index contributed by atoms with van der Waals surface area (Å²) in [6.45, 7) is 1.02. The van der Waals surface area contributed by atoms with Crippen LogP contribution in [0.15, 0.2) is 48.5 Å². The molecule has 1 aliphatic rings. The maximum atomic E-state index is 12.7. The van der Waals surface area contributed by atoms with Gasteiger partial charge >= 0.3 is 0 Å². The highest BCUT2D eigenvalue weighted by Gasteiger charge is 2.37. The number of ether oxygens (including phenoxy) is 2. The van der Waals surface area contributed by atoms with Gasteiger partial charge < -0.3 is 19.7 Å². The van der Waals surface area contributed by atoms with Crippen molar-refractivity contribution in [2.75, 3.05) is 32.2 Å². The molecule has 1 saturated heterocycles. The zero-order chi connectivity index (χ0) is 19.2. The van der Waals surface area contributed by atoms with E-state index in [2.05, 4.69) is 5.32 Å². The van der Waals surface area contributed by atoms with Gasteiger partial charge in [0, 0.05) is 24.8 Å². The highest BCUT2D eigenvalue weighted by atomic mass is 16.5. The minimum absolute atomic E-state index is 0.162. The molecule has 1 N–H and O–H groups in total. The fourth-order valence-electron chi connectivity index (χ4n) is 3.20. The van der Waals surface area contributed by atoms with Crippen LogP contribution in [0.5, 0.6) is 11.5 Å². The molecule has 2 aromatic rings. The standard InChI is InChI=1S/C21H24N2O4/c1-26-17-8-6-15(7-9-17)10-12-22-20(24)19-11-13-23(21(19)25)16-4-3-5-18(14-16)27-2/h3-9,14,19H,10-13H2,1-2H3,(H,22,24)/t19-/m1/s1. The molecule has 0 unspecified atom stereocenters. The molecule has 6 nitrogen and oxygen atoms in total. The third kappa shape index (κ3) is 4.39. The molecular weight excluding hydrogens is 344 g/mol. The second-order valence-corrected chi connectivity index (χ2v) is 6.42. The van der Waals surface area contributed by atoms with E-state index in [9.17, 15) is 9.59 Å². The molecule has 0 aromatic heterocycles. The van der Waals surface area contributed by atoms with Crippen LogP contribution < -0.4 is 19.7 Å². The van der Waals surface area contributed by atoms with Crippen LogP contribution in [-0.2, 0) is 16.0 Å². The van der Waals surface area contributed by atoms with Gasteiger partial charge in [-0.3, -0.25) is 9.59 Å². The topological polar surface area (TPSA) is 67.9 Å². The largest absolute Gasteiger partial charge is 0.497 e. The third-order valence-electron chi connectivity index (χ3n) is 4.76. The number of carbonyl (C=O) groups is 2. The second kappa shape index (κ2) is 8.58. The number of benzene rings is 2. The molecule has 0 saturated carbocycles. The summed E-state index contributed by atoms with van der Waals surface area (Å²) in [5.74, 6) is 0.487. The SMILES string of the molecule is COc1ccc(CCNC(=O)[C@H]2CCN(c3cccc(OC)c3)C2=O)cc1. The summed E-state index contributed by atoms with van der Waals surface area (Å²) in [5.41, 5.74) is 1.86. The number of methoxy groups -OCH3 is 2. The highest BCUT2D eigenvalue weighted by molar-refractivity contribution is 6.09. The maximum Gasteiger partial charge on any atom is 0.239 e. The first kappa shape index (κ1) is 18.8. The van der Waals surface area contributed by atoms with Gasteiger partial charge in [-0.2, -0.15) is 0 Å². The number of nitrogens with one attached hydrogen (secondary N) is 1. The molecule has 27 heavy (non-hydrogen) atoms. The first-order valence-electron chi connectivity index (χ1n) is 8.98. The second-order valence-electron chi connectivity index (χ2n) is 6.42. The highest BCUT2D eigenvalue weighted by Crippen LogP contribution is 2.28. The lowest BCUT2D eigenvalue weighted by molar-refractivity contribution is -0.132. The predicted octanol–water partition coefficient (Wildman–Crippen LogP) is 2.42. The molecule has 2 amide bonds. The van der Waals surface area contributed by atoms with Crippen LogP contribution in [0.1, 0.15) is 12.0 Å². The Morgan fingerprint density at radius 2 is 1.85 bits per heavy atom. The molecule has 1 fully saturated rings. The van der Waals surface area contributed by atoms with Gasteiger partial charge in [0.15, 0.2) is 0 Å². The zero-order valence-electron chi connectivity index (χ0n) is 15.6. The molecule has 2 aromatic carbocycles. The summed E-state index contributed by atoms with van der Waals surface area (Å²) < 4.78 is 10.3. The van der Waals surface area contributed by atoms with Crippen LogP contribution in [0.2, 0.25) is 0 Å². The van der Waals surface area contributed by atoms with E-state index in [1.54, 1.807) is 19.1 Å². The van der Waals surface area contributed by atoms with Crippen LogP contribution in [0.25, 0.3) is 0 Å². The molecule has 1 aliphatic heterocycles. The predicted molar refractivity (Wildman–Crippen MR) is 103 cm³/mol. The van der Waals surface area contributed by atoms with E-state index in [1.807, 2.05) is 48.5 Å². The summed E-state index contributed by atoms with van der Waals surface area (Å²) >= 11 is 0. The Bertz CT molecular complexity index is 804. The minimum atomic E-state index is -0.632. The Kier molecular flexibility index (Phi) is 5.96. The lowest BCUT2D eigenvalue weighted by Gasteiger charge is -2.17. The summed E-state index contributed by atoms with van der Waals surface area (Å²) in [6, 6.07) is 15.0. The van der Waals surface area contributed by atoms with Crippen LogP contribution in [-0.4, -0.2) is 39.1 Å². The smallest absolute Gasteiger partial charge is 0.239 e. The third-order valence-corrected chi connectivity index (χ3v) is 4.76. The van der Waals surface area contributed by atoms with Crippen molar-refractivity contribution in [3.05, 3.63) is 54.1 Å². The molecule has 0 radical (unpaired) electrons. The molecule has 6 heteroatoms. The lowest BCUT2D eigenvalue weighted by atomic mass is 10.1. The van der Waals surface area contributed by atoms with E-state index in [0.717, 1.165) is 17.0 Å². The number of hydrogen-bond donors (Lipinski definition) is 1. The van der Waals surface area contributed by atoms with Gasteiger partial charge in [0.2, 0.25) is 11.8 Å². The Hall–Kier alpha value is -3.02. The summed E-state index contributed by atoms with van der Waals surface area (Å²) in [6.07, 6.45) is 1.22. The van der Waals surface area contributed by atoms with E-state index in [0.29, 0.717) is 31.7 Å². The normalized spacial score (nSPS) is 16.3. The van der Waals surface area contributed by atoms with E-state index in [4.69, 9.17) is 9.47 Å². The van der Waals surface area contributed by atoms with Gasteiger partial charge in [0.1, 0.15) is 17.4 Å². The quantitative estimate of drug-likeness (QED) is 0.762. The van der Waals surface area contributed by atoms with Crippen molar-refractivity contribution < 1.29 is 19.1 Å². The molecule has 142 valence electrons. The maximum absolute atomic E-state index is 12.7. The van der Waals surface area contributed by atoms with Crippen molar-refractivity contribution in [3.8, 4) is 11.5 Å². The number of anilines is 1. The number of amides is 2. The van der Waals surface area contributed by atoms with E-state index in [-0.39, 0.29) is 11.8 Å². The van der Waals surface area contributed by atoms with Gasteiger partial charge in [-0.1, -0.05) is 18.2 Å². The Labute approximate surface area is 159 Å².